The Morgan fingerprint density at radius 3 is 2.47 bits per heavy atom. The van der Waals surface area contributed by atoms with E-state index in [-0.39, 0.29) is 5.41 Å². The molecule has 0 saturated carbocycles. The lowest BCUT2D eigenvalue weighted by Crippen LogP contribution is -2.38. The molecule has 86 valence electrons. The number of nitrogens with two attached hydrogens (primary N) is 1. The SMILES string of the molecule is C[C@H](NCC(/C=C/N)=C/C=N)C(C)(C)C. The maximum absolute atomic E-state index is 7.02. The number of hydrogen-bond donors (Lipinski definition) is 3. The first-order chi connectivity index (χ1) is 6.91. The largest absolute Gasteiger partial charge is 0.405 e. The molecule has 0 fully saturated rings. The van der Waals surface area contributed by atoms with Crippen LogP contribution in [0.1, 0.15) is 27.7 Å². The van der Waals surface area contributed by atoms with Crippen LogP contribution in [0.25, 0.3) is 0 Å². The maximum Gasteiger partial charge on any atom is 0.0209 e. The Morgan fingerprint density at radius 2 is 2.07 bits per heavy atom. The van der Waals surface area contributed by atoms with Crippen LogP contribution in [0.15, 0.2) is 23.9 Å². The molecule has 15 heavy (non-hydrogen) atoms. The molecule has 1 atom stereocenters. The molecule has 3 heteroatoms. The molecule has 0 aromatic carbocycles. The number of nitrogens with one attached hydrogen (secondary N) is 2. The summed E-state index contributed by atoms with van der Waals surface area (Å²) in [5, 5.41) is 10.4. The predicted molar refractivity (Wildman–Crippen MR) is 67.1 cm³/mol. The molecular weight excluding hydrogens is 186 g/mol. The second kappa shape index (κ2) is 6.40. The van der Waals surface area contributed by atoms with Crippen LogP contribution in [0, 0.1) is 10.8 Å². The smallest absolute Gasteiger partial charge is 0.0209 e. The van der Waals surface area contributed by atoms with Crippen molar-refractivity contribution in [2.24, 2.45) is 11.1 Å². The zero-order valence-electron chi connectivity index (χ0n) is 10.2. The van der Waals surface area contributed by atoms with Gasteiger partial charge in [0.2, 0.25) is 0 Å². The lowest BCUT2D eigenvalue weighted by atomic mass is 9.88. The Balaban J connectivity index is 4.23. The summed E-state index contributed by atoms with van der Waals surface area (Å²) in [7, 11) is 0. The fourth-order valence-corrected chi connectivity index (χ4v) is 0.981. The molecule has 0 aliphatic heterocycles. The van der Waals surface area contributed by atoms with Gasteiger partial charge in [-0.25, -0.2) is 0 Å². The second-order valence-corrected chi connectivity index (χ2v) is 4.74. The summed E-state index contributed by atoms with van der Waals surface area (Å²) in [4.78, 5) is 0. The van der Waals surface area contributed by atoms with Gasteiger partial charge in [0, 0.05) is 18.8 Å². The molecule has 0 heterocycles. The van der Waals surface area contributed by atoms with Gasteiger partial charge in [0.05, 0.1) is 0 Å². The van der Waals surface area contributed by atoms with E-state index in [0.717, 1.165) is 12.1 Å². The average molecular weight is 209 g/mol. The van der Waals surface area contributed by atoms with Gasteiger partial charge in [0.25, 0.3) is 0 Å². The minimum absolute atomic E-state index is 0.238. The molecule has 0 amide bonds. The van der Waals surface area contributed by atoms with E-state index in [1.807, 2.05) is 6.08 Å². The molecule has 0 aliphatic carbocycles. The molecular formula is C12H23N3. The third-order valence-corrected chi connectivity index (χ3v) is 2.52. The van der Waals surface area contributed by atoms with E-state index in [1.54, 1.807) is 6.08 Å². The predicted octanol–water partition coefficient (Wildman–Crippen LogP) is 2.06. The van der Waals surface area contributed by atoms with Crippen LogP contribution in [0.2, 0.25) is 0 Å². The quantitative estimate of drug-likeness (QED) is 0.479. The number of rotatable bonds is 5. The first-order valence-corrected chi connectivity index (χ1v) is 5.23. The standard InChI is InChI=1S/C12H23N3/c1-10(12(2,3)4)15-9-11(5-7-13)6-8-14/h5-8,10,13,15H,9,14H2,1-4H3/b8-6+,11-5+,13-7?/t10-/m0/s1. The van der Waals surface area contributed by atoms with Crippen molar-refractivity contribution in [2.75, 3.05) is 6.54 Å². The van der Waals surface area contributed by atoms with Crippen molar-refractivity contribution in [2.45, 2.75) is 33.7 Å². The van der Waals surface area contributed by atoms with E-state index >= 15 is 0 Å². The molecule has 0 aliphatic rings. The molecule has 0 saturated heterocycles. The summed E-state index contributed by atoms with van der Waals surface area (Å²) >= 11 is 0. The molecule has 3 nitrogen and oxygen atoms in total. The first-order valence-electron chi connectivity index (χ1n) is 5.23. The van der Waals surface area contributed by atoms with Gasteiger partial charge in [-0.05, 0) is 36.3 Å². The zero-order chi connectivity index (χ0) is 11.9. The summed E-state index contributed by atoms with van der Waals surface area (Å²) in [6, 6.07) is 0.415. The van der Waals surface area contributed by atoms with Crippen molar-refractivity contribution in [3.63, 3.8) is 0 Å². The van der Waals surface area contributed by atoms with Crippen LogP contribution >= 0.6 is 0 Å². The molecule has 0 radical (unpaired) electrons. The van der Waals surface area contributed by atoms with E-state index in [4.69, 9.17) is 11.1 Å². The fourth-order valence-electron chi connectivity index (χ4n) is 0.981. The maximum atomic E-state index is 7.02. The highest BCUT2D eigenvalue weighted by Gasteiger charge is 2.18. The monoisotopic (exact) mass is 209 g/mol. The van der Waals surface area contributed by atoms with Gasteiger partial charge < -0.3 is 16.5 Å². The Morgan fingerprint density at radius 1 is 1.47 bits per heavy atom. The van der Waals surface area contributed by atoms with Crippen molar-refractivity contribution >= 4 is 6.21 Å². The van der Waals surface area contributed by atoms with Gasteiger partial charge in [-0.2, -0.15) is 0 Å². The molecule has 0 rings (SSSR count). The van der Waals surface area contributed by atoms with Crippen LogP contribution < -0.4 is 11.1 Å². The highest BCUT2D eigenvalue weighted by Crippen LogP contribution is 2.18. The van der Waals surface area contributed by atoms with Crippen molar-refractivity contribution in [3.05, 3.63) is 23.9 Å². The highest BCUT2D eigenvalue weighted by atomic mass is 14.9. The number of allylic oxidation sites excluding steroid dienone is 1. The minimum Gasteiger partial charge on any atom is -0.405 e. The Kier molecular flexibility index (Phi) is 5.94. The molecule has 4 N–H and O–H groups in total. The van der Waals surface area contributed by atoms with E-state index < -0.39 is 0 Å². The highest BCUT2D eigenvalue weighted by molar-refractivity contribution is 5.70. The van der Waals surface area contributed by atoms with Crippen molar-refractivity contribution in [1.29, 1.82) is 5.41 Å². The normalized spacial score (nSPS) is 15.6. The van der Waals surface area contributed by atoms with Gasteiger partial charge in [-0.3, -0.25) is 0 Å². The molecule has 0 aromatic heterocycles. The van der Waals surface area contributed by atoms with E-state index in [1.165, 1.54) is 12.4 Å². The molecule has 0 bridgehead atoms. The first kappa shape index (κ1) is 13.9. The van der Waals surface area contributed by atoms with Gasteiger partial charge >= 0.3 is 0 Å². The topological polar surface area (TPSA) is 61.9 Å². The zero-order valence-corrected chi connectivity index (χ0v) is 10.2. The second-order valence-electron chi connectivity index (χ2n) is 4.74. The van der Waals surface area contributed by atoms with Crippen molar-refractivity contribution < 1.29 is 0 Å². The molecule has 0 spiro atoms. The van der Waals surface area contributed by atoms with Crippen molar-refractivity contribution in [1.82, 2.24) is 5.32 Å². The van der Waals surface area contributed by atoms with Crippen molar-refractivity contribution in [3.8, 4) is 0 Å². The summed E-state index contributed by atoms with van der Waals surface area (Å²) < 4.78 is 0. The average Bonchev–Trinajstić information content (AvgIpc) is 2.12. The summed E-state index contributed by atoms with van der Waals surface area (Å²) in [5.74, 6) is 0. The van der Waals surface area contributed by atoms with Crippen LogP contribution in [0.4, 0.5) is 0 Å². The van der Waals surface area contributed by atoms with Crippen LogP contribution in [-0.4, -0.2) is 18.8 Å². The lowest BCUT2D eigenvalue weighted by molar-refractivity contribution is 0.293. The number of hydrogen-bond acceptors (Lipinski definition) is 3. The minimum atomic E-state index is 0.238. The Hall–Kier alpha value is -1.09. The Bertz CT molecular complexity index is 246. The van der Waals surface area contributed by atoms with Gasteiger partial charge in [-0.1, -0.05) is 20.8 Å². The van der Waals surface area contributed by atoms with Gasteiger partial charge in [0.15, 0.2) is 0 Å². The third-order valence-electron chi connectivity index (χ3n) is 2.52. The Labute approximate surface area is 92.9 Å². The molecule has 0 aromatic rings. The van der Waals surface area contributed by atoms with Gasteiger partial charge in [0.1, 0.15) is 0 Å². The van der Waals surface area contributed by atoms with E-state index in [2.05, 4.69) is 33.0 Å². The summed E-state index contributed by atoms with van der Waals surface area (Å²) in [6.07, 6.45) is 6.33. The van der Waals surface area contributed by atoms with Crippen LogP contribution in [0.5, 0.6) is 0 Å². The third kappa shape index (κ3) is 6.07. The van der Waals surface area contributed by atoms with Crippen LogP contribution in [-0.2, 0) is 0 Å². The van der Waals surface area contributed by atoms with Crippen LogP contribution in [0.3, 0.4) is 0 Å². The lowest BCUT2D eigenvalue weighted by Gasteiger charge is -2.28. The fraction of sp³-hybridized carbons (Fsp3) is 0.583. The summed E-state index contributed by atoms with van der Waals surface area (Å²) in [6.45, 7) is 9.49. The van der Waals surface area contributed by atoms with Gasteiger partial charge in [-0.15, -0.1) is 0 Å². The van der Waals surface area contributed by atoms with E-state index in [9.17, 15) is 0 Å². The van der Waals surface area contributed by atoms with E-state index in [0.29, 0.717) is 6.04 Å². The summed E-state index contributed by atoms with van der Waals surface area (Å²) in [5.41, 5.74) is 6.58. The molecule has 0 unspecified atom stereocenters.